The lowest BCUT2D eigenvalue weighted by Gasteiger charge is -2.07. The lowest BCUT2D eigenvalue weighted by atomic mass is 10.1. The van der Waals surface area contributed by atoms with Crippen molar-refractivity contribution in [1.29, 1.82) is 0 Å². The van der Waals surface area contributed by atoms with Crippen LogP contribution in [0.4, 0.5) is 0 Å². The van der Waals surface area contributed by atoms with Crippen LogP contribution in [-0.2, 0) is 5.75 Å². The van der Waals surface area contributed by atoms with Gasteiger partial charge in [-0.1, -0.05) is 38.1 Å². The van der Waals surface area contributed by atoms with Gasteiger partial charge >= 0.3 is 0 Å². The van der Waals surface area contributed by atoms with Gasteiger partial charge in [-0.25, -0.2) is 0 Å². The van der Waals surface area contributed by atoms with Crippen LogP contribution in [0.1, 0.15) is 37.8 Å². The van der Waals surface area contributed by atoms with Crippen molar-refractivity contribution in [3.8, 4) is 0 Å². The SMILES string of the molecule is Cc1ccccc1CSCCCCNCC(C)C. The highest BCUT2D eigenvalue weighted by Crippen LogP contribution is 2.16. The van der Waals surface area contributed by atoms with Gasteiger partial charge in [-0.3, -0.25) is 0 Å². The Bertz CT molecular complexity index is 323. The Balaban J connectivity index is 1.98. The van der Waals surface area contributed by atoms with Crippen LogP contribution in [0.2, 0.25) is 0 Å². The molecule has 0 bridgehead atoms. The van der Waals surface area contributed by atoms with E-state index in [1.54, 1.807) is 0 Å². The van der Waals surface area contributed by atoms with Crippen LogP contribution in [0.3, 0.4) is 0 Å². The number of nitrogens with one attached hydrogen (secondary N) is 1. The average Bonchev–Trinajstić information content (AvgIpc) is 2.34. The topological polar surface area (TPSA) is 12.0 Å². The third kappa shape index (κ3) is 7.07. The van der Waals surface area contributed by atoms with Gasteiger partial charge in [-0.15, -0.1) is 0 Å². The van der Waals surface area contributed by atoms with Gasteiger partial charge in [0.2, 0.25) is 0 Å². The summed E-state index contributed by atoms with van der Waals surface area (Å²) in [4.78, 5) is 0. The summed E-state index contributed by atoms with van der Waals surface area (Å²) in [6, 6.07) is 8.70. The first-order chi connectivity index (χ1) is 8.70. The van der Waals surface area contributed by atoms with Crippen molar-refractivity contribution in [2.24, 2.45) is 5.92 Å². The number of unbranched alkanes of at least 4 members (excludes halogenated alkanes) is 1. The minimum atomic E-state index is 0.764. The van der Waals surface area contributed by atoms with Gasteiger partial charge in [-0.05, 0) is 55.7 Å². The van der Waals surface area contributed by atoms with E-state index in [-0.39, 0.29) is 0 Å². The molecule has 0 aliphatic heterocycles. The maximum atomic E-state index is 3.49. The number of rotatable bonds is 9. The summed E-state index contributed by atoms with van der Waals surface area (Å²) in [5, 5.41) is 3.49. The van der Waals surface area contributed by atoms with Crippen molar-refractivity contribution in [2.75, 3.05) is 18.8 Å². The highest BCUT2D eigenvalue weighted by Gasteiger charge is 1.97. The van der Waals surface area contributed by atoms with Crippen LogP contribution in [0.15, 0.2) is 24.3 Å². The largest absolute Gasteiger partial charge is 0.316 e. The number of hydrogen-bond donors (Lipinski definition) is 1. The molecule has 0 aliphatic carbocycles. The second kappa shape index (κ2) is 9.46. The summed E-state index contributed by atoms with van der Waals surface area (Å²) >= 11 is 2.06. The molecule has 0 atom stereocenters. The normalized spacial score (nSPS) is 11.1. The van der Waals surface area contributed by atoms with E-state index in [0.717, 1.165) is 18.2 Å². The van der Waals surface area contributed by atoms with E-state index < -0.39 is 0 Å². The highest BCUT2D eigenvalue weighted by molar-refractivity contribution is 7.98. The minimum absolute atomic E-state index is 0.764. The van der Waals surface area contributed by atoms with E-state index in [1.165, 1.54) is 36.3 Å². The van der Waals surface area contributed by atoms with E-state index in [1.807, 2.05) is 0 Å². The lowest BCUT2D eigenvalue weighted by molar-refractivity contribution is 0.541. The number of thioether (sulfide) groups is 1. The Morgan fingerprint density at radius 1 is 1.17 bits per heavy atom. The van der Waals surface area contributed by atoms with Gasteiger partial charge in [0.15, 0.2) is 0 Å². The van der Waals surface area contributed by atoms with Crippen molar-refractivity contribution >= 4 is 11.8 Å². The monoisotopic (exact) mass is 265 g/mol. The van der Waals surface area contributed by atoms with Crippen LogP contribution in [-0.4, -0.2) is 18.8 Å². The highest BCUT2D eigenvalue weighted by atomic mass is 32.2. The van der Waals surface area contributed by atoms with E-state index in [4.69, 9.17) is 0 Å². The van der Waals surface area contributed by atoms with E-state index in [9.17, 15) is 0 Å². The summed E-state index contributed by atoms with van der Waals surface area (Å²) in [5.74, 6) is 3.20. The van der Waals surface area contributed by atoms with Gasteiger partial charge in [0.1, 0.15) is 0 Å². The van der Waals surface area contributed by atoms with E-state index in [0.29, 0.717) is 0 Å². The summed E-state index contributed by atoms with van der Waals surface area (Å²) in [6.07, 6.45) is 2.62. The Morgan fingerprint density at radius 2 is 1.94 bits per heavy atom. The zero-order valence-corrected chi connectivity index (χ0v) is 12.9. The second-order valence-corrected chi connectivity index (χ2v) is 6.39. The third-order valence-electron chi connectivity index (χ3n) is 2.96. The fraction of sp³-hybridized carbons (Fsp3) is 0.625. The smallest absolute Gasteiger partial charge is 0.0187 e. The first-order valence-electron chi connectivity index (χ1n) is 7.03. The molecule has 0 unspecified atom stereocenters. The third-order valence-corrected chi connectivity index (χ3v) is 4.06. The lowest BCUT2D eigenvalue weighted by Crippen LogP contribution is -2.20. The molecule has 0 aromatic heterocycles. The Hall–Kier alpha value is -0.470. The Kier molecular flexibility index (Phi) is 8.19. The average molecular weight is 265 g/mol. The molecule has 0 saturated carbocycles. The number of hydrogen-bond acceptors (Lipinski definition) is 2. The molecule has 1 nitrogen and oxygen atoms in total. The fourth-order valence-corrected chi connectivity index (χ4v) is 2.90. The zero-order valence-electron chi connectivity index (χ0n) is 12.0. The molecule has 1 N–H and O–H groups in total. The molecule has 0 radical (unpaired) electrons. The molecule has 0 spiro atoms. The molecule has 1 aromatic carbocycles. The zero-order chi connectivity index (χ0) is 13.2. The molecule has 102 valence electrons. The molecule has 0 amide bonds. The molecule has 1 aromatic rings. The van der Waals surface area contributed by atoms with Crippen LogP contribution in [0, 0.1) is 12.8 Å². The van der Waals surface area contributed by atoms with Gasteiger partial charge in [0, 0.05) is 5.75 Å². The van der Waals surface area contributed by atoms with E-state index in [2.05, 4.69) is 62.1 Å². The number of aryl methyl sites for hydroxylation is 1. The number of benzene rings is 1. The van der Waals surface area contributed by atoms with Crippen LogP contribution in [0.25, 0.3) is 0 Å². The molecule has 1 rings (SSSR count). The molecular formula is C16H27NS. The van der Waals surface area contributed by atoms with Crippen molar-refractivity contribution < 1.29 is 0 Å². The molecule has 0 saturated heterocycles. The first kappa shape index (κ1) is 15.6. The first-order valence-corrected chi connectivity index (χ1v) is 8.18. The van der Waals surface area contributed by atoms with E-state index >= 15 is 0 Å². The van der Waals surface area contributed by atoms with Gasteiger partial charge in [0.25, 0.3) is 0 Å². The predicted octanol–water partition coefficient (Wildman–Crippen LogP) is 4.25. The summed E-state index contributed by atoms with van der Waals surface area (Å²) in [5.41, 5.74) is 2.91. The predicted molar refractivity (Wildman–Crippen MR) is 84.3 cm³/mol. The quantitative estimate of drug-likeness (QED) is 0.670. The summed E-state index contributed by atoms with van der Waals surface area (Å²) < 4.78 is 0. The van der Waals surface area contributed by atoms with Crippen LogP contribution < -0.4 is 5.32 Å². The van der Waals surface area contributed by atoms with Crippen molar-refractivity contribution in [3.05, 3.63) is 35.4 Å². The van der Waals surface area contributed by atoms with Crippen LogP contribution >= 0.6 is 11.8 Å². The van der Waals surface area contributed by atoms with Crippen molar-refractivity contribution in [1.82, 2.24) is 5.32 Å². The van der Waals surface area contributed by atoms with Gasteiger partial charge in [-0.2, -0.15) is 11.8 Å². The maximum Gasteiger partial charge on any atom is 0.0187 e. The Morgan fingerprint density at radius 3 is 2.67 bits per heavy atom. The molecule has 0 aliphatic rings. The van der Waals surface area contributed by atoms with Gasteiger partial charge < -0.3 is 5.32 Å². The molecule has 0 fully saturated rings. The van der Waals surface area contributed by atoms with Crippen molar-refractivity contribution in [2.45, 2.75) is 39.4 Å². The fourth-order valence-electron chi connectivity index (χ4n) is 1.80. The van der Waals surface area contributed by atoms with Crippen molar-refractivity contribution in [3.63, 3.8) is 0 Å². The molecule has 0 heterocycles. The maximum absolute atomic E-state index is 3.49. The Labute approximate surface area is 117 Å². The minimum Gasteiger partial charge on any atom is -0.316 e. The summed E-state index contributed by atoms with van der Waals surface area (Å²) in [7, 11) is 0. The molecular weight excluding hydrogens is 238 g/mol. The van der Waals surface area contributed by atoms with Crippen LogP contribution in [0.5, 0.6) is 0 Å². The van der Waals surface area contributed by atoms with Gasteiger partial charge in [0.05, 0.1) is 0 Å². The molecule has 2 heteroatoms. The molecule has 18 heavy (non-hydrogen) atoms. The standard InChI is InChI=1S/C16H27NS/c1-14(2)12-17-10-6-7-11-18-13-16-9-5-4-8-15(16)3/h4-5,8-9,14,17H,6-7,10-13H2,1-3H3. The second-order valence-electron chi connectivity index (χ2n) is 5.28. The summed E-state index contributed by atoms with van der Waals surface area (Å²) in [6.45, 7) is 9.03.